The Kier molecular flexibility index (Phi) is 30.3. The van der Waals surface area contributed by atoms with Crippen LogP contribution in [-0.4, -0.2) is 220 Å². The first-order valence-corrected chi connectivity index (χ1v) is 30.3. The summed E-state index contributed by atoms with van der Waals surface area (Å²) in [7, 11) is 2.14. The lowest BCUT2D eigenvalue weighted by Crippen LogP contribution is -2.63. The molecular weight excluding hydrogens is 1200 g/mol. The number of aliphatic hydroxyl groups excluding tert-OH is 4. The van der Waals surface area contributed by atoms with Crippen molar-refractivity contribution in [2.45, 2.75) is 158 Å². The maximum Gasteiger partial charge on any atom is 0.340 e. The fourth-order valence-corrected chi connectivity index (χ4v) is 10.5. The maximum atomic E-state index is 14.7. The molecule has 88 heavy (non-hydrogen) atoms. The van der Waals surface area contributed by atoms with Crippen LogP contribution in [0.15, 0.2) is 35.4 Å². The normalized spacial score (nSPS) is 21.7. The number of aromatic nitrogens is 1. The van der Waals surface area contributed by atoms with Gasteiger partial charge in [0.05, 0.1) is 55.9 Å². The van der Waals surface area contributed by atoms with Crippen molar-refractivity contribution in [3.8, 4) is 0 Å². The van der Waals surface area contributed by atoms with Crippen LogP contribution in [0.1, 0.15) is 79.8 Å². The minimum atomic E-state index is -1.92. The van der Waals surface area contributed by atoms with Gasteiger partial charge in [0, 0.05) is 36.1 Å². The minimum Gasteiger partial charge on any atom is -0.466 e. The summed E-state index contributed by atoms with van der Waals surface area (Å²) >= 11 is 2.12. The summed E-state index contributed by atoms with van der Waals surface area (Å²) in [5.74, 6) is -14.0. The molecular formula is C55H82N12O19S2. The summed E-state index contributed by atoms with van der Waals surface area (Å²) in [6.07, 6.45) is -0.960. The first-order chi connectivity index (χ1) is 41.5. The molecule has 33 heteroatoms. The number of esters is 2. The van der Waals surface area contributed by atoms with Gasteiger partial charge in [0.15, 0.2) is 0 Å². The molecule has 12 atom stereocenters. The second-order valence-corrected chi connectivity index (χ2v) is 22.9. The third kappa shape index (κ3) is 21.5. The molecule has 0 radical (unpaired) electrons. The zero-order valence-electron chi connectivity index (χ0n) is 50.5. The molecule has 11 amide bonds. The van der Waals surface area contributed by atoms with Crippen molar-refractivity contribution in [3.63, 3.8) is 0 Å². The largest absolute Gasteiger partial charge is 0.466 e. The number of nitrogens with one attached hydrogen (secondary N) is 10. The number of aliphatic hydroxyl groups is 4. The topological polar surface area (TPSA) is 473 Å². The maximum absolute atomic E-state index is 14.7. The van der Waals surface area contributed by atoms with E-state index in [1.807, 2.05) is 0 Å². The highest BCUT2D eigenvalue weighted by atomic mass is 32.2. The average Bonchev–Trinajstić information content (AvgIpc) is 1.65. The number of nitrogens with zero attached hydrogens (tertiary/aromatic N) is 1. The molecule has 31 nitrogen and oxygen atoms in total. The third-order valence-corrected chi connectivity index (χ3v) is 15.5. The van der Waals surface area contributed by atoms with Crippen LogP contribution in [0, 0.1) is 5.92 Å². The van der Waals surface area contributed by atoms with E-state index in [1.54, 1.807) is 48.9 Å². The van der Waals surface area contributed by atoms with Crippen LogP contribution in [0.3, 0.4) is 0 Å². The highest BCUT2D eigenvalue weighted by Crippen LogP contribution is 2.38. The van der Waals surface area contributed by atoms with Gasteiger partial charge in [-0.05, 0) is 71.3 Å². The lowest BCUT2D eigenvalue weighted by Gasteiger charge is -2.30. The summed E-state index contributed by atoms with van der Waals surface area (Å²) in [6.45, 7) is 7.07. The molecule has 2 aromatic rings. The van der Waals surface area contributed by atoms with E-state index >= 15 is 0 Å². The van der Waals surface area contributed by atoms with Gasteiger partial charge >= 0.3 is 11.9 Å². The number of methoxy groups -OCH3 is 2. The number of fused-ring (bicyclic) bond motifs is 3. The zero-order chi connectivity index (χ0) is 66.3. The van der Waals surface area contributed by atoms with Crippen molar-refractivity contribution in [2.75, 3.05) is 45.2 Å². The van der Waals surface area contributed by atoms with Crippen molar-refractivity contribution < 1.29 is 92.2 Å². The molecule has 1 aliphatic rings. The van der Waals surface area contributed by atoms with Crippen LogP contribution < -0.4 is 58.9 Å². The Morgan fingerprint density at radius 2 is 1.28 bits per heavy atom. The van der Waals surface area contributed by atoms with Gasteiger partial charge in [-0.2, -0.15) is 11.8 Å². The highest BCUT2D eigenvalue weighted by molar-refractivity contribution is 7.99. The number of carbonyl (C=O) groups is 13. The van der Waals surface area contributed by atoms with E-state index in [1.165, 1.54) is 39.5 Å². The number of hydrogen-bond acceptors (Lipinski definition) is 21. The van der Waals surface area contributed by atoms with Crippen LogP contribution in [0.4, 0.5) is 0 Å². The smallest absolute Gasteiger partial charge is 0.340 e. The summed E-state index contributed by atoms with van der Waals surface area (Å²) in [5, 5.41) is 67.2. The van der Waals surface area contributed by atoms with Crippen LogP contribution >= 0.6 is 23.5 Å². The summed E-state index contributed by atoms with van der Waals surface area (Å²) < 4.78 is 11.6. The molecule has 0 fully saturated rings. The average molecular weight is 1280 g/mol. The lowest BCUT2D eigenvalue weighted by molar-refractivity contribution is -0.138. The van der Waals surface area contributed by atoms with Crippen LogP contribution in [-0.2, 0) is 78.3 Å². The first kappa shape index (κ1) is 74.4. The van der Waals surface area contributed by atoms with Gasteiger partial charge in [-0.3, -0.25) is 52.7 Å². The number of amides is 11. The van der Waals surface area contributed by atoms with Crippen molar-refractivity contribution in [3.05, 3.63) is 36.0 Å². The Balaban J connectivity index is 2.40. The predicted molar refractivity (Wildman–Crippen MR) is 319 cm³/mol. The molecule has 16 N–H and O–H groups in total. The molecule has 1 aromatic heterocycles. The van der Waals surface area contributed by atoms with Gasteiger partial charge < -0.3 is 93.4 Å². The molecule has 0 unspecified atom stereocenters. The van der Waals surface area contributed by atoms with Crippen molar-refractivity contribution in [1.82, 2.24) is 57.7 Å². The van der Waals surface area contributed by atoms with E-state index in [4.69, 9.17) is 15.2 Å². The molecule has 0 saturated carbocycles. The number of rotatable bonds is 21. The minimum absolute atomic E-state index is 0.0609. The molecule has 2 heterocycles. The van der Waals surface area contributed by atoms with Gasteiger partial charge in [-0.1, -0.05) is 38.1 Å². The van der Waals surface area contributed by atoms with Crippen LogP contribution in [0.25, 0.3) is 16.3 Å². The van der Waals surface area contributed by atoms with Gasteiger partial charge in [-0.15, -0.1) is 11.8 Å². The Hall–Kier alpha value is -7.85. The zero-order valence-corrected chi connectivity index (χ0v) is 52.1. The SMILES string of the molecule is COC(=O)/C=C(\C(=O)OC)c1c2ccccc2c2n1CCCC[C@H](NC(=O)[C@H](C)NC(C)=O)C(=O)N[C@@H](C(C)C)C(=O)N[C@@H]([C@@H](C)O)C(=O)N[C@@H](CCSC)C(=O)N[C@@H]([C@@H](C)O)C(=O)N[C@H](C(=O)N[C@@H](CO)C(=O)N[C@@H](C)C(=O)N[C@@H](CO)C(N)=O)CS2. The summed E-state index contributed by atoms with van der Waals surface area (Å²) in [6, 6.07) is -9.45. The van der Waals surface area contributed by atoms with Crippen LogP contribution in [0.5, 0.6) is 0 Å². The van der Waals surface area contributed by atoms with E-state index in [9.17, 15) is 82.8 Å². The number of ether oxygens (including phenoxy) is 2. The summed E-state index contributed by atoms with van der Waals surface area (Å²) in [4.78, 5) is 177. The molecule has 0 bridgehead atoms. The molecule has 1 aliphatic heterocycles. The number of benzene rings is 1. The molecule has 1 aromatic carbocycles. The second-order valence-electron chi connectivity index (χ2n) is 20.9. The van der Waals surface area contributed by atoms with Gasteiger partial charge in [-0.25, -0.2) is 9.59 Å². The predicted octanol–water partition coefficient (Wildman–Crippen LogP) is -4.81. The van der Waals surface area contributed by atoms with Gasteiger partial charge in [0.2, 0.25) is 65.0 Å². The van der Waals surface area contributed by atoms with Gasteiger partial charge in [0.1, 0.15) is 60.4 Å². The number of nitrogens with two attached hydrogens (primary N) is 1. The highest BCUT2D eigenvalue weighted by Gasteiger charge is 2.38. The van der Waals surface area contributed by atoms with E-state index < -0.39 is 174 Å². The van der Waals surface area contributed by atoms with Gasteiger partial charge in [0.25, 0.3) is 0 Å². The molecule has 488 valence electrons. The van der Waals surface area contributed by atoms with E-state index in [0.29, 0.717) is 10.8 Å². The Morgan fingerprint density at radius 1 is 0.716 bits per heavy atom. The van der Waals surface area contributed by atoms with E-state index in [-0.39, 0.29) is 54.3 Å². The fraction of sp³-hybridized carbons (Fsp3) is 0.582. The molecule has 0 spiro atoms. The molecule has 3 rings (SSSR count). The Labute approximate surface area is 516 Å². The number of thioether (sulfide) groups is 2. The number of hydrogen-bond donors (Lipinski definition) is 15. The standard InChI is InChI=1S/C55H82N12O19S2/c1-25(2)40-51(81)66-42(29(6)71)52(82)60-35(18-20-87-10)48(78)65-41(28(5)70)53(83)63-38(50(80)62-37(23-69)49(79)58-27(4)46(76)61-36(22-68)44(56)74)24-88-54-32-16-12-11-15-31(32)43(33(55(84)86-9)21-39(73)85-8)67(54)19-14-13-17-34(47(77)64-40)59-45(75)26(3)57-30(7)72/h11-12,15-16,21,25-29,34-38,40-42,68-71H,13-14,17-20,22-24H2,1-10H3,(H2,56,74)(H,57,72)(H,58,79)(H,59,75)(H,60,82)(H,61,76)(H,62,80)(H,63,83)(H,64,77)(H,65,78)(H,66,81)/b33-21-/t26-,27-,28+,29+,34-,35-,36-,37-,38-,40-,41-,42-/m0/s1. The second kappa shape index (κ2) is 35.8. The number of primary amides is 1. The third-order valence-electron chi connectivity index (χ3n) is 13.7. The lowest BCUT2D eigenvalue weighted by atomic mass is 10.0. The summed E-state index contributed by atoms with van der Waals surface area (Å²) in [5.41, 5.74) is 4.97. The van der Waals surface area contributed by atoms with E-state index in [0.717, 1.165) is 39.0 Å². The van der Waals surface area contributed by atoms with Crippen LogP contribution in [0.2, 0.25) is 0 Å². The quantitative estimate of drug-likeness (QED) is 0.0412. The first-order valence-electron chi connectivity index (χ1n) is 28.0. The van der Waals surface area contributed by atoms with Crippen molar-refractivity contribution >= 4 is 117 Å². The van der Waals surface area contributed by atoms with Crippen molar-refractivity contribution in [1.29, 1.82) is 0 Å². The monoisotopic (exact) mass is 1280 g/mol. The van der Waals surface area contributed by atoms with E-state index in [2.05, 4.69) is 53.2 Å². The van der Waals surface area contributed by atoms with Crippen molar-refractivity contribution in [2.24, 2.45) is 11.7 Å². The molecule has 0 aliphatic carbocycles. The molecule has 0 saturated heterocycles. The Morgan fingerprint density at radius 3 is 1.83 bits per heavy atom. The fourth-order valence-electron chi connectivity index (χ4n) is 8.81. The number of carbonyl (C=O) groups excluding carboxylic acids is 13. The Bertz CT molecular complexity index is 2900.